The lowest BCUT2D eigenvalue weighted by Gasteiger charge is -2.38. The molecule has 4 rings (SSSR count). The quantitative estimate of drug-likeness (QED) is 0.0727. The Morgan fingerprint density at radius 2 is 1.43 bits per heavy atom. The van der Waals surface area contributed by atoms with E-state index in [9.17, 15) is 4.79 Å². The van der Waals surface area contributed by atoms with Crippen molar-refractivity contribution >= 4 is 14.0 Å². The number of rotatable bonds is 16. The average Bonchev–Trinajstić information content (AvgIpc) is 3.08. The maximum Gasteiger partial charge on any atom is 0.335 e. The summed E-state index contributed by atoms with van der Waals surface area (Å²) in [5, 5.41) is 8.88. The van der Waals surface area contributed by atoms with E-state index in [2.05, 4.69) is 26.6 Å². The average molecular weight is 649 g/mol. The summed E-state index contributed by atoms with van der Waals surface area (Å²) in [6, 6.07) is 20.3. The number of ether oxygens (including phenoxy) is 2. The molecular formula is C39H50F2O4Si. The highest BCUT2D eigenvalue weighted by Gasteiger charge is 2.35. The van der Waals surface area contributed by atoms with Crippen LogP contribution in [0.5, 0.6) is 5.75 Å². The number of hydrogen-bond donors (Lipinski definition) is 1. The lowest BCUT2D eigenvalue weighted by atomic mass is 9.83. The highest BCUT2D eigenvalue weighted by atomic mass is 28.3. The third kappa shape index (κ3) is 9.38. The van der Waals surface area contributed by atoms with E-state index in [1.807, 2.05) is 54.6 Å². The van der Waals surface area contributed by atoms with Crippen molar-refractivity contribution in [3.63, 3.8) is 0 Å². The molecule has 1 fully saturated rings. The molecular weight excluding hydrogens is 599 g/mol. The third-order valence-corrected chi connectivity index (χ3v) is 14.1. The Morgan fingerprint density at radius 1 is 0.826 bits per heavy atom. The van der Waals surface area contributed by atoms with Crippen molar-refractivity contribution in [2.24, 2.45) is 0 Å². The van der Waals surface area contributed by atoms with Crippen LogP contribution in [0.4, 0.5) is 8.78 Å². The molecule has 4 nitrogen and oxygen atoms in total. The summed E-state index contributed by atoms with van der Waals surface area (Å²) in [6.45, 7) is 11.2. The fourth-order valence-electron chi connectivity index (χ4n) is 6.61. The Hall–Kier alpha value is -3.29. The molecule has 0 atom stereocenters. The molecule has 7 heteroatoms. The Bertz CT molecular complexity index is 1430. The van der Waals surface area contributed by atoms with E-state index in [0.717, 1.165) is 60.9 Å². The Morgan fingerprint density at radius 3 is 2.07 bits per heavy atom. The molecule has 3 aromatic carbocycles. The van der Waals surface area contributed by atoms with Crippen molar-refractivity contribution in [3.05, 3.63) is 90.0 Å². The summed E-state index contributed by atoms with van der Waals surface area (Å²) in [5.41, 5.74) is 4.32. The zero-order chi connectivity index (χ0) is 33.1. The van der Waals surface area contributed by atoms with Crippen molar-refractivity contribution < 1.29 is 28.2 Å². The van der Waals surface area contributed by atoms with Gasteiger partial charge in [0.25, 0.3) is 0 Å². The second kappa shape index (κ2) is 17.0. The van der Waals surface area contributed by atoms with Gasteiger partial charge in [-0.3, -0.25) is 0 Å². The number of carbonyl (C=O) groups excluding carboxylic acids is 1. The minimum atomic E-state index is -1.27. The van der Waals surface area contributed by atoms with Crippen LogP contribution in [0.25, 0.3) is 22.3 Å². The number of aliphatic hydroxyl groups is 1. The zero-order valence-corrected chi connectivity index (χ0v) is 28.8. The van der Waals surface area contributed by atoms with E-state index in [1.54, 1.807) is 6.07 Å². The van der Waals surface area contributed by atoms with E-state index in [4.69, 9.17) is 14.6 Å². The fraction of sp³-hybridized carbons (Fsp3) is 0.462. The van der Waals surface area contributed by atoms with Crippen LogP contribution in [-0.2, 0) is 9.53 Å². The topological polar surface area (TPSA) is 55.8 Å². The maximum absolute atomic E-state index is 15.4. The van der Waals surface area contributed by atoms with E-state index in [-0.39, 0.29) is 18.1 Å². The van der Waals surface area contributed by atoms with Crippen LogP contribution in [0, 0.1) is 11.6 Å². The zero-order valence-electron chi connectivity index (χ0n) is 27.8. The molecule has 0 bridgehead atoms. The molecule has 0 saturated heterocycles. The molecule has 1 aliphatic carbocycles. The smallest absolute Gasteiger partial charge is 0.335 e. The first kappa shape index (κ1) is 35.6. The van der Waals surface area contributed by atoms with Gasteiger partial charge in [-0.25, -0.2) is 13.6 Å². The van der Waals surface area contributed by atoms with Gasteiger partial charge in [0.1, 0.15) is 5.75 Å². The number of benzene rings is 3. The molecule has 0 unspecified atom stereocenters. The fourth-order valence-corrected chi connectivity index (χ4v) is 10.2. The SMILES string of the molecule is C=C(CO)C(=O)OCCCCCOc1ccc(-c2ccc(-c3ccc(C4CCC([Si](C)(C)CCCC)CC4)c(F)c3F)cc2)cc1. The van der Waals surface area contributed by atoms with Crippen LogP contribution >= 0.6 is 0 Å². The number of unbranched alkanes of at least 4 members (excludes halogenated alkanes) is 3. The van der Waals surface area contributed by atoms with Gasteiger partial charge in [-0.05, 0) is 77.9 Å². The van der Waals surface area contributed by atoms with Gasteiger partial charge in [0.2, 0.25) is 0 Å². The van der Waals surface area contributed by atoms with E-state index in [0.29, 0.717) is 29.7 Å². The number of esters is 1. The van der Waals surface area contributed by atoms with Gasteiger partial charge in [-0.2, -0.15) is 0 Å². The van der Waals surface area contributed by atoms with Crippen molar-refractivity contribution in [2.45, 2.75) is 95.3 Å². The first-order valence-corrected chi connectivity index (χ1v) is 20.2. The standard InChI is InChI=1S/C39H50F2O4Si/c1-5-6-26-46(3,4)34-20-16-32(17-21-34)36-23-22-35(37(40)38(36)41)31-12-10-29(11-13-31)30-14-18-33(19-15-30)44-24-8-7-9-25-45-39(43)28(2)27-42/h10-15,18-19,22-23,32,34,42H,2,5-9,16-17,20-21,24-27H2,1,3-4H3. The van der Waals surface area contributed by atoms with Gasteiger partial charge in [-0.15, -0.1) is 0 Å². The van der Waals surface area contributed by atoms with Crippen LogP contribution in [0.2, 0.25) is 24.7 Å². The molecule has 1 saturated carbocycles. The second-order valence-electron chi connectivity index (χ2n) is 13.4. The Balaban J connectivity index is 1.27. The molecule has 1 aliphatic rings. The van der Waals surface area contributed by atoms with Crippen LogP contribution in [0.15, 0.2) is 72.8 Å². The molecule has 3 aromatic rings. The lowest BCUT2D eigenvalue weighted by molar-refractivity contribution is -0.139. The lowest BCUT2D eigenvalue weighted by Crippen LogP contribution is -2.34. The summed E-state index contributed by atoms with van der Waals surface area (Å²) in [6.07, 6.45) is 9.09. The highest BCUT2D eigenvalue weighted by Crippen LogP contribution is 2.46. The molecule has 0 aliphatic heterocycles. The molecule has 0 amide bonds. The maximum atomic E-state index is 15.4. The largest absolute Gasteiger partial charge is 0.494 e. The van der Waals surface area contributed by atoms with Gasteiger partial charge in [0.15, 0.2) is 11.6 Å². The Kier molecular flexibility index (Phi) is 13.2. The van der Waals surface area contributed by atoms with Gasteiger partial charge in [0, 0.05) is 5.56 Å². The molecule has 0 heterocycles. The van der Waals surface area contributed by atoms with Crippen molar-refractivity contribution in [3.8, 4) is 28.0 Å². The normalized spacial score (nSPS) is 16.7. The van der Waals surface area contributed by atoms with Gasteiger partial charge in [0.05, 0.1) is 33.5 Å². The summed E-state index contributed by atoms with van der Waals surface area (Å²) >= 11 is 0. The second-order valence-corrected chi connectivity index (χ2v) is 18.7. The number of carbonyl (C=O) groups is 1. The predicted octanol–water partition coefficient (Wildman–Crippen LogP) is 10.5. The third-order valence-electron chi connectivity index (χ3n) is 9.71. The summed E-state index contributed by atoms with van der Waals surface area (Å²) in [5.74, 6) is -1.13. The molecule has 0 spiro atoms. The van der Waals surface area contributed by atoms with Crippen molar-refractivity contribution in [1.29, 1.82) is 0 Å². The van der Waals surface area contributed by atoms with Gasteiger partial charge < -0.3 is 14.6 Å². The molecule has 248 valence electrons. The Labute approximate surface area is 274 Å². The highest BCUT2D eigenvalue weighted by molar-refractivity contribution is 6.78. The predicted molar refractivity (Wildman–Crippen MR) is 186 cm³/mol. The van der Waals surface area contributed by atoms with E-state index in [1.165, 1.54) is 18.9 Å². The first-order valence-electron chi connectivity index (χ1n) is 16.9. The minimum Gasteiger partial charge on any atom is -0.494 e. The van der Waals surface area contributed by atoms with Crippen LogP contribution in [-0.4, -0.2) is 39.0 Å². The van der Waals surface area contributed by atoms with Crippen LogP contribution in [0.1, 0.15) is 76.2 Å². The monoisotopic (exact) mass is 648 g/mol. The summed E-state index contributed by atoms with van der Waals surface area (Å²) in [7, 11) is -1.27. The van der Waals surface area contributed by atoms with Crippen molar-refractivity contribution in [2.75, 3.05) is 19.8 Å². The molecule has 46 heavy (non-hydrogen) atoms. The van der Waals surface area contributed by atoms with Crippen LogP contribution < -0.4 is 4.74 Å². The van der Waals surface area contributed by atoms with E-state index >= 15 is 8.78 Å². The van der Waals surface area contributed by atoms with E-state index < -0.39 is 32.3 Å². The van der Waals surface area contributed by atoms with Crippen molar-refractivity contribution in [1.82, 2.24) is 0 Å². The van der Waals surface area contributed by atoms with Gasteiger partial charge in [-0.1, -0.05) is 107 Å². The van der Waals surface area contributed by atoms with Gasteiger partial charge >= 0.3 is 5.97 Å². The summed E-state index contributed by atoms with van der Waals surface area (Å²) in [4.78, 5) is 11.5. The summed E-state index contributed by atoms with van der Waals surface area (Å²) < 4.78 is 41.7. The number of hydrogen-bond acceptors (Lipinski definition) is 4. The number of halogens is 2. The molecule has 0 aromatic heterocycles. The minimum absolute atomic E-state index is 0.0579. The molecule has 1 N–H and O–H groups in total. The number of aliphatic hydroxyl groups excluding tert-OH is 1. The first-order chi connectivity index (χ1) is 22.1. The van der Waals surface area contributed by atoms with Crippen LogP contribution in [0.3, 0.4) is 0 Å². The molecule has 0 radical (unpaired) electrons.